The number of nitriles is 2. The standard InChI is InChI=1S/C26H13N5O2/c1-29-17(15-27)5-3-6-19-9-11-25(32-19)21-7-4-8-23-22(21)14-24(31-23)26-12-10-20(33-26)13-18(16-28)30-2/h3-14,31H/b6-3+,17-5-,18-13+. The highest BCUT2D eigenvalue weighted by atomic mass is 16.3. The Bertz CT molecular complexity index is 1580. The molecule has 0 amide bonds. The summed E-state index contributed by atoms with van der Waals surface area (Å²) in [5.74, 6) is 2.26. The predicted molar refractivity (Wildman–Crippen MR) is 123 cm³/mol. The minimum absolute atomic E-state index is 0.00263. The molecule has 0 aliphatic heterocycles. The summed E-state index contributed by atoms with van der Waals surface area (Å²) in [4.78, 5) is 9.56. The topological polar surface area (TPSA) is 98.4 Å². The predicted octanol–water partition coefficient (Wildman–Crippen LogP) is 6.81. The number of hydrogen-bond acceptors (Lipinski definition) is 4. The van der Waals surface area contributed by atoms with Crippen LogP contribution in [0.3, 0.4) is 0 Å². The molecule has 0 spiro atoms. The van der Waals surface area contributed by atoms with Crippen LogP contribution >= 0.6 is 0 Å². The average Bonchev–Trinajstić information content (AvgIpc) is 3.59. The minimum Gasteiger partial charge on any atom is -0.457 e. The number of nitrogens with one attached hydrogen (secondary N) is 1. The van der Waals surface area contributed by atoms with Gasteiger partial charge in [-0.2, -0.15) is 0 Å². The van der Waals surface area contributed by atoms with Crippen molar-refractivity contribution >= 4 is 23.1 Å². The molecule has 0 atom stereocenters. The minimum atomic E-state index is -0.0501. The summed E-state index contributed by atoms with van der Waals surface area (Å²) in [5, 5.41) is 18.7. The van der Waals surface area contributed by atoms with Crippen molar-refractivity contribution in [3.8, 4) is 34.9 Å². The second kappa shape index (κ2) is 9.11. The summed E-state index contributed by atoms with van der Waals surface area (Å²) >= 11 is 0. The van der Waals surface area contributed by atoms with Crippen LogP contribution in [0, 0.1) is 35.8 Å². The van der Waals surface area contributed by atoms with Crippen molar-refractivity contribution in [3.05, 3.63) is 106 Å². The third-order valence-electron chi connectivity index (χ3n) is 4.71. The van der Waals surface area contributed by atoms with Crippen molar-refractivity contribution in [3.63, 3.8) is 0 Å². The van der Waals surface area contributed by atoms with Crippen LogP contribution in [0.25, 0.3) is 55.5 Å². The zero-order valence-corrected chi connectivity index (χ0v) is 17.0. The van der Waals surface area contributed by atoms with Gasteiger partial charge in [0.15, 0.2) is 5.76 Å². The Kier molecular flexibility index (Phi) is 5.73. The number of benzene rings is 1. The maximum atomic E-state index is 8.92. The molecule has 154 valence electrons. The summed E-state index contributed by atoms with van der Waals surface area (Å²) in [6.07, 6.45) is 6.11. The molecule has 0 saturated carbocycles. The molecule has 0 fully saturated rings. The molecule has 33 heavy (non-hydrogen) atoms. The fourth-order valence-electron chi connectivity index (χ4n) is 3.22. The van der Waals surface area contributed by atoms with Gasteiger partial charge >= 0.3 is 0 Å². The van der Waals surface area contributed by atoms with Gasteiger partial charge in [-0.15, -0.1) is 0 Å². The van der Waals surface area contributed by atoms with Gasteiger partial charge in [0.2, 0.25) is 0 Å². The molecule has 1 N–H and O–H groups in total. The smallest absolute Gasteiger partial charge is 0.265 e. The van der Waals surface area contributed by atoms with Gasteiger partial charge in [0, 0.05) is 16.5 Å². The molecular formula is C26H13N5O2. The van der Waals surface area contributed by atoms with Crippen molar-refractivity contribution in [1.29, 1.82) is 10.5 Å². The third-order valence-corrected chi connectivity index (χ3v) is 4.71. The van der Waals surface area contributed by atoms with Crippen LogP contribution in [0.4, 0.5) is 0 Å². The summed E-state index contributed by atoms with van der Waals surface area (Å²) in [6, 6.07) is 18.5. The van der Waals surface area contributed by atoms with Crippen LogP contribution < -0.4 is 0 Å². The highest BCUT2D eigenvalue weighted by Crippen LogP contribution is 2.34. The van der Waals surface area contributed by atoms with Crippen LogP contribution in [0.5, 0.6) is 0 Å². The first-order valence-corrected chi connectivity index (χ1v) is 9.62. The van der Waals surface area contributed by atoms with Crippen LogP contribution in [0.2, 0.25) is 0 Å². The number of H-pyrrole nitrogens is 1. The number of hydrogen-bond donors (Lipinski definition) is 1. The molecule has 0 saturated heterocycles. The van der Waals surface area contributed by atoms with E-state index < -0.39 is 0 Å². The van der Waals surface area contributed by atoms with Crippen LogP contribution in [-0.4, -0.2) is 4.98 Å². The third kappa shape index (κ3) is 4.35. The molecule has 0 bridgehead atoms. The molecule has 0 aliphatic rings. The number of aromatic nitrogens is 1. The van der Waals surface area contributed by atoms with Crippen molar-refractivity contribution < 1.29 is 8.83 Å². The molecule has 0 unspecified atom stereocenters. The Morgan fingerprint density at radius 3 is 2.39 bits per heavy atom. The number of allylic oxidation sites excluding steroid dienone is 4. The van der Waals surface area contributed by atoms with E-state index in [4.69, 9.17) is 32.5 Å². The van der Waals surface area contributed by atoms with Gasteiger partial charge < -0.3 is 13.8 Å². The van der Waals surface area contributed by atoms with Gasteiger partial charge in [-0.1, -0.05) is 18.2 Å². The molecule has 4 rings (SSSR count). The van der Waals surface area contributed by atoms with Crippen LogP contribution in [0.15, 0.2) is 80.9 Å². The van der Waals surface area contributed by atoms with Crippen molar-refractivity contribution in [1.82, 2.24) is 4.98 Å². The number of aromatic amines is 1. The molecular weight excluding hydrogens is 414 g/mol. The zero-order valence-electron chi connectivity index (χ0n) is 17.0. The number of nitrogens with zero attached hydrogens (tertiary/aromatic N) is 4. The molecule has 0 aliphatic carbocycles. The lowest BCUT2D eigenvalue weighted by Crippen LogP contribution is -1.75. The lowest BCUT2D eigenvalue weighted by molar-refractivity contribution is 0.570. The Morgan fingerprint density at radius 2 is 1.64 bits per heavy atom. The van der Waals surface area contributed by atoms with Gasteiger partial charge in [-0.3, -0.25) is 0 Å². The molecule has 4 aromatic rings. The van der Waals surface area contributed by atoms with E-state index in [-0.39, 0.29) is 11.4 Å². The van der Waals surface area contributed by atoms with Gasteiger partial charge in [-0.05, 0) is 54.6 Å². The number of rotatable bonds is 5. The highest BCUT2D eigenvalue weighted by Gasteiger charge is 2.13. The Balaban J connectivity index is 1.66. The first-order chi connectivity index (χ1) is 16.1. The fourth-order valence-corrected chi connectivity index (χ4v) is 3.22. The zero-order chi connectivity index (χ0) is 23.2. The molecule has 7 heteroatoms. The second-order valence-corrected chi connectivity index (χ2v) is 6.74. The van der Waals surface area contributed by atoms with E-state index in [1.807, 2.05) is 42.5 Å². The second-order valence-electron chi connectivity index (χ2n) is 6.74. The van der Waals surface area contributed by atoms with Crippen molar-refractivity contribution in [2.75, 3.05) is 0 Å². The van der Waals surface area contributed by atoms with Crippen LogP contribution in [-0.2, 0) is 0 Å². The highest BCUT2D eigenvalue weighted by molar-refractivity contribution is 5.96. The van der Waals surface area contributed by atoms with E-state index in [2.05, 4.69) is 14.7 Å². The molecule has 3 aromatic heterocycles. The van der Waals surface area contributed by atoms with E-state index in [1.165, 1.54) is 12.2 Å². The maximum absolute atomic E-state index is 8.92. The average molecular weight is 427 g/mol. The largest absolute Gasteiger partial charge is 0.457 e. The first kappa shape index (κ1) is 20.8. The van der Waals surface area contributed by atoms with Gasteiger partial charge in [-0.25, -0.2) is 20.2 Å². The summed E-state index contributed by atoms with van der Waals surface area (Å²) in [6.45, 7) is 13.9. The van der Waals surface area contributed by atoms with Crippen molar-refractivity contribution in [2.45, 2.75) is 0 Å². The Labute approximate surface area is 189 Å². The molecule has 0 radical (unpaired) electrons. The van der Waals surface area contributed by atoms with Gasteiger partial charge in [0.25, 0.3) is 11.4 Å². The summed E-state index contributed by atoms with van der Waals surface area (Å²) < 4.78 is 11.7. The van der Waals surface area contributed by atoms with E-state index >= 15 is 0 Å². The van der Waals surface area contributed by atoms with Gasteiger partial charge in [0.1, 0.15) is 17.3 Å². The molecule has 1 aromatic carbocycles. The van der Waals surface area contributed by atoms with E-state index in [0.29, 0.717) is 23.0 Å². The first-order valence-electron chi connectivity index (χ1n) is 9.62. The lowest BCUT2D eigenvalue weighted by atomic mass is 10.1. The monoisotopic (exact) mass is 427 g/mol. The van der Waals surface area contributed by atoms with Crippen LogP contribution in [0.1, 0.15) is 11.5 Å². The SMILES string of the molecule is [C-]#[N+]/C(C#N)=C\C=C\c1ccc(-c2cccc3[nH]c(-c4ccc(/C=C(\C#N)[N+]#[C-])o4)cc23)o1. The van der Waals surface area contributed by atoms with E-state index in [0.717, 1.165) is 22.2 Å². The number of furan rings is 2. The number of fused-ring (bicyclic) bond motifs is 1. The van der Waals surface area contributed by atoms with Gasteiger partial charge in [0.05, 0.1) is 31.0 Å². The Morgan fingerprint density at radius 1 is 0.909 bits per heavy atom. The fraction of sp³-hybridized carbons (Fsp3) is 0. The lowest BCUT2D eigenvalue weighted by Gasteiger charge is -1.99. The van der Waals surface area contributed by atoms with E-state index in [1.54, 1.807) is 30.4 Å². The van der Waals surface area contributed by atoms with E-state index in [9.17, 15) is 0 Å². The van der Waals surface area contributed by atoms with Crippen molar-refractivity contribution in [2.24, 2.45) is 0 Å². The quantitative estimate of drug-likeness (QED) is 0.215. The normalized spacial score (nSPS) is 11.8. The summed E-state index contributed by atoms with van der Waals surface area (Å²) in [7, 11) is 0. The summed E-state index contributed by atoms with van der Waals surface area (Å²) in [5.41, 5.74) is 2.47. The Hall–Kier alpha value is -5.50. The maximum Gasteiger partial charge on any atom is 0.265 e. The molecule has 7 nitrogen and oxygen atoms in total. The molecule has 3 heterocycles.